The van der Waals surface area contributed by atoms with Gasteiger partial charge in [0.1, 0.15) is 5.75 Å². The highest BCUT2D eigenvalue weighted by Crippen LogP contribution is 2.33. The van der Waals surface area contributed by atoms with Gasteiger partial charge in [-0.1, -0.05) is 35.2 Å². The summed E-state index contributed by atoms with van der Waals surface area (Å²) < 4.78 is 11.5. The zero-order valence-corrected chi connectivity index (χ0v) is 20.0. The van der Waals surface area contributed by atoms with Gasteiger partial charge in [-0.2, -0.15) is 0 Å². The lowest BCUT2D eigenvalue weighted by Crippen LogP contribution is -2.52. The van der Waals surface area contributed by atoms with Gasteiger partial charge in [-0.25, -0.2) is 0 Å². The number of benzene rings is 1. The van der Waals surface area contributed by atoms with Crippen LogP contribution in [0.1, 0.15) is 24.4 Å². The number of ether oxygens (including phenoxy) is 1. The van der Waals surface area contributed by atoms with Crippen LogP contribution in [0.5, 0.6) is 5.75 Å². The van der Waals surface area contributed by atoms with E-state index in [1.807, 2.05) is 38.1 Å². The lowest BCUT2D eigenvalue weighted by Gasteiger charge is -2.35. The lowest BCUT2D eigenvalue weighted by molar-refractivity contribution is -0.131. The summed E-state index contributed by atoms with van der Waals surface area (Å²) in [6.07, 6.45) is 1.48. The highest BCUT2D eigenvalue weighted by molar-refractivity contribution is 8.02. The molecule has 0 spiro atoms. The number of thioether (sulfide) groups is 1. The molecule has 0 aliphatic carbocycles. The van der Waals surface area contributed by atoms with Crippen molar-refractivity contribution >= 4 is 45.7 Å². The Hall–Kier alpha value is -3.05. The third-order valence-electron chi connectivity index (χ3n) is 5.07. The molecule has 0 bridgehead atoms. The van der Waals surface area contributed by atoms with Crippen LogP contribution in [0.2, 0.25) is 0 Å². The van der Waals surface area contributed by atoms with E-state index >= 15 is 0 Å². The SMILES string of the molecule is CCOc1ccccc1Nc1nnc(S[C@H](C)C(=O)N2CCN(C(=O)c3ccco3)CC2)s1. The quantitative estimate of drug-likeness (QED) is 0.480. The molecule has 9 nitrogen and oxygen atoms in total. The molecular formula is C22H25N5O4S2. The van der Waals surface area contributed by atoms with Crippen LogP contribution in [0.4, 0.5) is 10.8 Å². The molecule has 3 heterocycles. The molecule has 1 aromatic carbocycles. The predicted octanol–water partition coefficient (Wildman–Crippen LogP) is 3.74. The molecule has 1 aliphatic rings. The van der Waals surface area contributed by atoms with Gasteiger partial charge in [-0.15, -0.1) is 10.2 Å². The number of hydrogen-bond donors (Lipinski definition) is 1. The van der Waals surface area contributed by atoms with E-state index in [2.05, 4.69) is 15.5 Å². The van der Waals surface area contributed by atoms with Crippen molar-refractivity contribution in [1.82, 2.24) is 20.0 Å². The molecule has 1 atom stereocenters. The van der Waals surface area contributed by atoms with Crippen LogP contribution in [0, 0.1) is 0 Å². The molecule has 0 saturated carbocycles. The van der Waals surface area contributed by atoms with Gasteiger partial charge in [0.05, 0.1) is 23.8 Å². The predicted molar refractivity (Wildman–Crippen MR) is 127 cm³/mol. The van der Waals surface area contributed by atoms with Gasteiger partial charge in [0.15, 0.2) is 10.1 Å². The van der Waals surface area contributed by atoms with Crippen molar-refractivity contribution in [3.8, 4) is 5.75 Å². The molecule has 11 heteroatoms. The Morgan fingerprint density at radius 3 is 2.64 bits per heavy atom. The number of amides is 2. The second-order valence-corrected chi connectivity index (χ2v) is 9.85. The van der Waals surface area contributed by atoms with Gasteiger partial charge in [0.25, 0.3) is 5.91 Å². The fourth-order valence-corrected chi connectivity index (χ4v) is 5.41. The van der Waals surface area contributed by atoms with Crippen LogP contribution in [0.15, 0.2) is 51.4 Å². The standard InChI is InChI=1S/C22H25N5O4S2/c1-3-30-17-8-5-4-7-16(17)23-21-24-25-22(33-21)32-15(2)19(28)26-10-12-27(13-11-26)20(29)18-9-6-14-31-18/h4-9,14-15H,3,10-13H2,1-2H3,(H,23,24)/t15-/m1/s1. The molecule has 0 unspecified atom stereocenters. The zero-order chi connectivity index (χ0) is 23.2. The first-order chi connectivity index (χ1) is 16.0. The number of aromatic nitrogens is 2. The lowest BCUT2D eigenvalue weighted by atomic mass is 10.2. The Bertz CT molecular complexity index is 1080. The number of nitrogens with zero attached hydrogens (tertiary/aromatic N) is 4. The van der Waals surface area contributed by atoms with Gasteiger partial charge in [0, 0.05) is 26.2 Å². The first-order valence-corrected chi connectivity index (χ1v) is 12.4. The van der Waals surface area contributed by atoms with Crippen LogP contribution in [-0.2, 0) is 4.79 Å². The highest BCUT2D eigenvalue weighted by Gasteiger charge is 2.29. The summed E-state index contributed by atoms with van der Waals surface area (Å²) in [5, 5.41) is 12.0. The van der Waals surface area contributed by atoms with Crippen molar-refractivity contribution in [1.29, 1.82) is 0 Å². The molecule has 33 heavy (non-hydrogen) atoms. The summed E-state index contributed by atoms with van der Waals surface area (Å²) >= 11 is 2.77. The number of nitrogens with one attached hydrogen (secondary N) is 1. The topological polar surface area (TPSA) is 101 Å². The summed E-state index contributed by atoms with van der Waals surface area (Å²) in [7, 11) is 0. The van der Waals surface area contributed by atoms with E-state index in [9.17, 15) is 9.59 Å². The summed E-state index contributed by atoms with van der Waals surface area (Å²) in [6, 6.07) is 11.0. The summed E-state index contributed by atoms with van der Waals surface area (Å²) in [6.45, 7) is 6.32. The molecule has 1 N–H and O–H groups in total. The third kappa shape index (κ3) is 5.66. The maximum Gasteiger partial charge on any atom is 0.289 e. The maximum atomic E-state index is 12.9. The Kier molecular flexibility index (Phi) is 7.50. The minimum atomic E-state index is -0.311. The Balaban J connectivity index is 1.29. The number of furan rings is 1. The van der Waals surface area contributed by atoms with Crippen LogP contribution >= 0.6 is 23.1 Å². The van der Waals surface area contributed by atoms with E-state index < -0.39 is 0 Å². The van der Waals surface area contributed by atoms with E-state index in [4.69, 9.17) is 9.15 Å². The largest absolute Gasteiger partial charge is 0.492 e. The van der Waals surface area contributed by atoms with Gasteiger partial charge in [-0.05, 0) is 38.1 Å². The molecule has 2 aromatic heterocycles. The first kappa shape index (κ1) is 23.1. The molecular weight excluding hydrogens is 462 g/mol. The minimum absolute atomic E-state index is 0.0245. The van der Waals surface area contributed by atoms with Crippen LogP contribution in [-0.4, -0.2) is 69.8 Å². The average Bonchev–Trinajstić information content (AvgIpc) is 3.52. The fraction of sp³-hybridized carbons (Fsp3) is 0.364. The number of hydrogen-bond acceptors (Lipinski definition) is 9. The minimum Gasteiger partial charge on any atom is -0.492 e. The van der Waals surface area contributed by atoms with Crippen LogP contribution in [0.3, 0.4) is 0 Å². The van der Waals surface area contributed by atoms with Crippen molar-refractivity contribution in [3.05, 3.63) is 48.4 Å². The highest BCUT2D eigenvalue weighted by atomic mass is 32.2. The van der Waals surface area contributed by atoms with Crippen molar-refractivity contribution in [2.24, 2.45) is 0 Å². The van der Waals surface area contributed by atoms with Crippen LogP contribution in [0.25, 0.3) is 0 Å². The molecule has 3 aromatic rings. The normalized spacial score (nSPS) is 14.7. The van der Waals surface area contributed by atoms with Crippen molar-refractivity contribution in [3.63, 3.8) is 0 Å². The molecule has 1 aliphatic heterocycles. The van der Waals surface area contributed by atoms with Gasteiger partial charge in [-0.3, -0.25) is 9.59 Å². The van der Waals surface area contributed by atoms with Crippen molar-refractivity contribution in [2.45, 2.75) is 23.4 Å². The number of carbonyl (C=O) groups is 2. The van der Waals surface area contributed by atoms with Gasteiger partial charge < -0.3 is 24.3 Å². The molecule has 174 valence electrons. The number of piperazine rings is 1. The third-order valence-corrected chi connectivity index (χ3v) is 7.08. The first-order valence-electron chi connectivity index (χ1n) is 10.7. The summed E-state index contributed by atoms with van der Waals surface area (Å²) in [5.74, 6) is 0.951. The molecule has 1 fully saturated rings. The monoisotopic (exact) mass is 487 g/mol. The van der Waals surface area contributed by atoms with Crippen molar-refractivity contribution in [2.75, 3.05) is 38.1 Å². The summed E-state index contributed by atoms with van der Waals surface area (Å²) in [4.78, 5) is 28.8. The Morgan fingerprint density at radius 1 is 1.15 bits per heavy atom. The van der Waals surface area contributed by atoms with E-state index in [1.165, 1.54) is 29.4 Å². The molecule has 0 radical (unpaired) electrons. The Labute approximate surface area is 200 Å². The molecule has 4 rings (SSSR count). The van der Waals surface area contributed by atoms with Gasteiger partial charge >= 0.3 is 0 Å². The smallest absolute Gasteiger partial charge is 0.289 e. The van der Waals surface area contributed by atoms with Gasteiger partial charge in [0.2, 0.25) is 11.0 Å². The average molecular weight is 488 g/mol. The number of para-hydroxylation sites is 2. The van der Waals surface area contributed by atoms with Crippen LogP contribution < -0.4 is 10.1 Å². The van der Waals surface area contributed by atoms with Crippen molar-refractivity contribution < 1.29 is 18.7 Å². The van der Waals surface area contributed by atoms with E-state index in [1.54, 1.807) is 21.9 Å². The summed E-state index contributed by atoms with van der Waals surface area (Å²) in [5.41, 5.74) is 0.818. The second-order valence-electron chi connectivity index (χ2n) is 7.28. The van der Waals surface area contributed by atoms with E-state index in [0.29, 0.717) is 48.0 Å². The maximum absolute atomic E-state index is 12.9. The van der Waals surface area contributed by atoms with E-state index in [0.717, 1.165) is 11.4 Å². The Morgan fingerprint density at radius 2 is 1.91 bits per heavy atom. The van der Waals surface area contributed by atoms with E-state index in [-0.39, 0.29) is 17.1 Å². The number of rotatable bonds is 8. The zero-order valence-electron chi connectivity index (χ0n) is 18.4. The number of carbonyl (C=O) groups excluding carboxylic acids is 2. The number of anilines is 2. The molecule has 1 saturated heterocycles. The fourth-order valence-electron chi connectivity index (χ4n) is 3.42. The second kappa shape index (κ2) is 10.7. The molecule has 2 amide bonds.